The summed E-state index contributed by atoms with van der Waals surface area (Å²) in [7, 11) is 1.18. The molecule has 18 heavy (non-hydrogen) atoms. The molecule has 0 saturated heterocycles. The first kappa shape index (κ1) is 14.8. The first-order chi connectivity index (χ1) is 8.25. The quantitative estimate of drug-likeness (QED) is 0.866. The molecule has 1 aromatic carbocycles. The summed E-state index contributed by atoms with van der Waals surface area (Å²) in [6, 6.07) is 1.95. The molecule has 0 aliphatic heterocycles. The van der Waals surface area contributed by atoms with E-state index in [2.05, 4.69) is 4.74 Å². The maximum atomic E-state index is 12.4. The Morgan fingerprint density at radius 1 is 1.50 bits per heavy atom. The molecule has 7 heteroatoms. The standard InChI is InChI=1S/C11H11ClF3NO2/c1-18-10(17)9(16)4-6-2-3-7(5-8(6)12)11(13,14)15/h2-3,5,9H,4,16H2,1H3/t9-/m0/s1. The van der Waals surface area contributed by atoms with Crippen LogP contribution in [0.2, 0.25) is 5.02 Å². The second-order valence-corrected chi connectivity index (χ2v) is 4.04. The van der Waals surface area contributed by atoms with E-state index in [0.29, 0.717) is 5.56 Å². The van der Waals surface area contributed by atoms with Crippen molar-refractivity contribution in [3.05, 3.63) is 34.3 Å². The smallest absolute Gasteiger partial charge is 0.416 e. The zero-order valence-corrected chi connectivity index (χ0v) is 10.2. The predicted octanol–water partition coefficient (Wildman–Crippen LogP) is 2.40. The molecule has 3 nitrogen and oxygen atoms in total. The van der Waals surface area contributed by atoms with Gasteiger partial charge in [0.15, 0.2) is 0 Å². The molecule has 100 valence electrons. The van der Waals surface area contributed by atoms with Gasteiger partial charge in [-0.05, 0) is 24.1 Å². The summed E-state index contributed by atoms with van der Waals surface area (Å²) in [5.41, 5.74) is 5.02. The summed E-state index contributed by atoms with van der Waals surface area (Å²) in [4.78, 5) is 11.1. The Morgan fingerprint density at radius 2 is 2.11 bits per heavy atom. The molecule has 0 aliphatic carbocycles. The van der Waals surface area contributed by atoms with Crippen molar-refractivity contribution in [3.63, 3.8) is 0 Å². The van der Waals surface area contributed by atoms with Gasteiger partial charge in [0, 0.05) is 5.02 Å². The summed E-state index contributed by atoms with van der Waals surface area (Å²) in [6.07, 6.45) is -4.43. The highest BCUT2D eigenvalue weighted by Crippen LogP contribution is 2.32. The fourth-order valence-corrected chi connectivity index (χ4v) is 1.62. The van der Waals surface area contributed by atoms with Crippen molar-refractivity contribution in [1.29, 1.82) is 0 Å². The van der Waals surface area contributed by atoms with Crippen LogP contribution < -0.4 is 5.73 Å². The van der Waals surface area contributed by atoms with E-state index in [1.54, 1.807) is 0 Å². The van der Waals surface area contributed by atoms with Gasteiger partial charge in [-0.1, -0.05) is 17.7 Å². The van der Waals surface area contributed by atoms with Crippen LogP contribution in [0.3, 0.4) is 0 Å². The van der Waals surface area contributed by atoms with Crippen molar-refractivity contribution >= 4 is 17.6 Å². The number of esters is 1. The molecule has 0 aliphatic rings. The minimum atomic E-state index is -4.45. The van der Waals surface area contributed by atoms with Crippen molar-refractivity contribution in [2.45, 2.75) is 18.6 Å². The first-order valence-electron chi connectivity index (χ1n) is 4.94. The number of hydrogen-bond donors (Lipinski definition) is 1. The lowest BCUT2D eigenvalue weighted by Crippen LogP contribution is -2.33. The lowest BCUT2D eigenvalue weighted by atomic mass is 10.0. The van der Waals surface area contributed by atoms with E-state index in [4.69, 9.17) is 17.3 Å². The molecule has 1 rings (SSSR count). The predicted molar refractivity (Wildman–Crippen MR) is 60.1 cm³/mol. The Kier molecular flexibility index (Phi) is 4.59. The number of halogens is 4. The minimum absolute atomic E-state index is 0.0175. The number of carbonyl (C=O) groups excluding carboxylic acids is 1. The van der Waals surface area contributed by atoms with Crippen LogP contribution in [0.25, 0.3) is 0 Å². The van der Waals surface area contributed by atoms with Crippen LogP contribution in [0.1, 0.15) is 11.1 Å². The van der Waals surface area contributed by atoms with Crippen LogP contribution >= 0.6 is 11.6 Å². The molecule has 0 fully saturated rings. The van der Waals surface area contributed by atoms with Crippen LogP contribution in [0.15, 0.2) is 18.2 Å². The zero-order valence-electron chi connectivity index (χ0n) is 9.42. The number of alkyl halides is 3. The molecule has 0 radical (unpaired) electrons. The van der Waals surface area contributed by atoms with Crippen LogP contribution in [-0.4, -0.2) is 19.1 Å². The SMILES string of the molecule is COC(=O)[C@@H](N)Cc1ccc(C(F)(F)F)cc1Cl. The second kappa shape index (κ2) is 5.58. The van der Waals surface area contributed by atoms with E-state index in [-0.39, 0.29) is 11.4 Å². The first-order valence-corrected chi connectivity index (χ1v) is 5.32. The zero-order chi connectivity index (χ0) is 13.9. The molecular weight excluding hydrogens is 271 g/mol. The molecule has 0 bridgehead atoms. The van der Waals surface area contributed by atoms with Crippen molar-refractivity contribution in [2.75, 3.05) is 7.11 Å². The monoisotopic (exact) mass is 281 g/mol. The molecule has 1 atom stereocenters. The number of methoxy groups -OCH3 is 1. The summed E-state index contributed by atoms with van der Waals surface area (Å²) in [5.74, 6) is -0.647. The van der Waals surface area contributed by atoms with Crippen LogP contribution in [0.4, 0.5) is 13.2 Å². The normalized spacial score (nSPS) is 13.2. The third kappa shape index (κ3) is 3.61. The van der Waals surface area contributed by atoms with Crippen LogP contribution in [0.5, 0.6) is 0 Å². The number of hydrogen-bond acceptors (Lipinski definition) is 3. The van der Waals surface area contributed by atoms with Gasteiger partial charge < -0.3 is 10.5 Å². The summed E-state index contributed by atoms with van der Waals surface area (Å²) >= 11 is 5.72. The molecule has 0 spiro atoms. The molecule has 0 heterocycles. The average molecular weight is 282 g/mol. The van der Waals surface area contributed by atoms with E-state index in [9.17, 15) is 18.0 Å². The Balaban J connectivity index is 2.90. The Hall–Kier alpha value is -1.27. The van der Waals surface area contributed by atoms with E-state index in [1.807, 2.05) is 0 Å². The fourth-order valence-electron chi connectivity index (χ4n) is 1.36. The van der Waals surface area contributed by atoms with Crippen LogP contribution in [-0.2, 0) is 22.1 Å². The van der Waals surface area contributed by atoms with Crippen molar-refractivity contribution in [2.24, 2.45) is 5.73 Å². The van der Waals surface area contributed by atoms with Gasteiger partial charge in [0.05, 0.1) is 12.7 Å². The molecule has 0 unspecified atom stereocenters. The number of carbonyl (C=O) groups is 1. The lowest BCUT2D eigenvalue weighted by molar-refractivity contribution is -0.142. The van der Waals surface area contributed by atoms with Crippen molar-refractivity contribution in [3.8, 4) is 0 Å². The molecular formula is C11H11ClF3NO2. The topological polar surface area (TPSA) is 52.3 Å². The molecule has 2 N–H and O–H groups in total. The largest absolute Gasteiger partial charge is 0.468 e. The highest BCUT2D eigenvalue weighted by Gasteiger charge is 2.31. The maximum Gasteiger partial charge on any atom is 0.416 e. The van der Waals surface area contributed by atoms with Gasteiger partial charge in [-0.2, -0.15) is 13.2 Å². The van der Waals surface area contributed by atoms with E-state index in [1.165, 1.54) is 13.2 Å². The van der Waals surface area contributed by atoms with Crippen molar-refractivity contribution < 1.29 is 22.7 Å². The maximum absolute atomic E-state index is 12.4. The van der Waals surface area contributed by atoms with Crippen LogP contribution in [0, 0.1) is 0 Å². The number of benzene rings is 1. The molecule has 0 aromatic heterocycles. The van der Waals surface area contributed by atoms with Gasteiger partial charge in [-0.15, -0.1) is 0 Å². The van der Waals surface area contributed by atoms with Crippen molar-refractivity contribution in [1.82, 2.24) is 0 Å². The third-order valence-electron chi connectivity index (χ3n) is 2.32. The Bertz CT molecular complexity index is 448. The van der Waals surface area contributed by atoms with Gasteiger partial charge >= 0.3 is 12.1 Å². The van der Waals surface area contributed by atoms with Gasteiger partial charge in [-0.3, -0.25) is 4.79 Å². The number of nitrogens with two attached hydrogens (primary N) is 1. The van der Waals surface area contributed by atoms with E-state index < -0.39 is 23.8 Å². The summed E-state index contributed by atoms with van der Waals surface area (Å²) in [6.45, 7) is 0. The minimum Gasteiger partial charge on any atom is -0.468 e. The van der Waals surface area contributed by atoms with Gasteiger partial charge in [0.2, 0.25) is 0 Å². The Morgan fingerprint density at radius 3 is 2.56 bits per heavy atom. The number of rotatable bonds is 3. The molecule has 0 amide bonds. The third-order valence-corrected chi connectivity index (χ3v) is 2.68. The van der Waals surface area contributed by atoms with Gasteiger partial charge in [0.25, 0.3) is 0 Å². The summed E-state index contributed by atoms with van der Waals surface area (Å²) < 4.78 is 41.6. The average Bonchev–Trinajstić information content (AvgIpc) is 2.29. The van der Waals surface area contributed by atoms with E-state index >= 15 is 0 Å². The van der Waals surface area contributed by atoms with Gasteiger partial charge in [-0.25, -0.2) is 0 Å². The molecule has 0 saturated carbocycles. The highest BCUT2D eigenvalue weighted by molar-refractivity contribution is 6.31. The Labute approximate surface area is 107 Å². The number of ether oxygens (including phenoxy) is 1. The second-order valence-electron chi connectivity index (χ2n) is 3.64. The van der Waals surface area contributed by atoms with Gasteiger partial charge in [0.1, 0.15) is 6.04 Å². The summed E-state index contributed by atoms with van der Waals surface area (Å²) in [5, 5.41) is -0.0795. The highest BCUT2D eigenvalue weighted by atomic mass is 35.5. The van der Waals surface area contributed by atoms with E-state index in [0.717, 1.165) is 12.1 Å². The molecule has 1 aromatic rings. The fraction of sp³-hybridized carbons (Fsp3) is 0.364. The lowest BCUT2D eigenvalue weighted by Gasteiger charge is -2.12.